The topological polar surface area (TPSA) is 243 Å². The summed E-state index contributed by atoms with van der Waals surface area (Å²) in [5.74, 6) is 1.08. The minimum Gasteiger partial charge on any atom is -0.484 e. The van der Waals surface area contributed by atoms with Crippen LogP contribution in [0.15, 0.2) is 82.6 Å². The molecule has 0 bridgehead atoms. The number of hydrogen-bond donors (Lipinski definition) is 6. The van der Waals surface area contributed by atoms with Crippen LogP contribution in [0.2, 0.25) is 20.1 Å². The number of nitrogens with zero attached hydrogens (tertiary/aromatic N) is 4. The van der Waals surface area contributed by atoms with Crippen LogP contribution in [0, 0.1) is 0 Å². The molecule has 0 spiro atoms. The fraction of sp³-hybridized carbons (Fsp3) is 0.552. The van der Waals surface area contributed by atoms with Gasteiger partial charge < -0.3 is 59.5 Å². The number of benzene rings is 4. The van der Waals surface area contributed by atoms with Crippen molar-refractivity contribution in [3.8, 4) is 11.5 Å². The van der Waals surface area contributed by atoms with E-state index in [4.69, 9.17) is 74.8 Å². The van der Waals surface area contributed by atoms with Gasteiger partial charge in [-0.1, -0.05) is 46.4 Å². The molecule has 0 unspecified atom stereocenters. The molecule has 6 N–H and O–H groups in total. The third-order valence-electron chi connectivity index (χ3n) is 15.4. The predicted molar refractivity (Wildman–Crippen MR) is 331 cm³/mol. The lowest BCUT2D eigenvalue weighted by molar-refractivity contribution is 0.0454. The fourth-order valence-corrected chi connectivity index (χ4v) is 13.9. The molecule has 4 amide bonds. The number of piperazine rings is 2. The highest BCUT2D eigenvalue weighted by Crippen LogP contribution is 2.44. The van der Waals surface area contributed by atoms with Gasteiger partial charge in [0.25, 0.3) is 0 Å². The van der Waals surface area contributed by atoms with Gasteiger partial charge in [0.1, 0.15) is 23.7 Å². The molecular formula is C58H80Cl4N10O12S2. The van der Waals surface area contributed by atoms with Crippen molar-refractivity contribution in [1.29, 1.82) is 0 Å². The van der Waals surface area contributed by atoms with Crippen LogP contribution in [0.5, 0.6) is 11.5 Å². The quantitative estimate of drug-likeness (QED) is 0.0319. The summed E-state index contributed by atoms with van der Waals surface area (Å²) in [5, 5.41) is 13.3. The number of carbonyl (C=O) groups excluding carboxylic acids is 2. The maximum absolute atomic E-state index is 13.0. The second kappa shape index (κ2) is 33.5. The predicted octanol–water partition coefficient (Wildman–Crippen LogP) is 5.59. The molecule has 0 radical (unpaired) electrons. The van der Waals surface area contributed by atoms with Gasteiger partial charge >= 0.3 is 12.1 Å². The Labute approximate surface area is 525 Å². The maximum atomic E-state index is 13.0. The largest absolute Gasteiger partial charge is 0.484 e. The van der Waals surface area contributed by atoms with Crippen molar-refractivity contribution in [2.24, 2.45) is 0 Å². The highest BCUT2D eigenvalue weighted by atomic mass is 35.5. The maximum Gasteiger partial charge on any atom is 0.314 e. The van der Waals surface area contributed by atoms with Crippen LogP contribution in [-0.2, 0) is 51.8 Å². The summed E-state index contributed by atoms with van der Waals surface area (Å²) in [5.41, 5.74) is 3.95. The summed E-state index contributed by atoms with van der Waals surface area (Å²) in [7, 11) is -3.38. The first kappa shape index (κ1) is 67.6. The van der Waals surface area contributed by atoms with E-state index in [1.54, 1.807) is 36.4 Å². The van der Waals surface area contributed by atoms with E-state index < -0.39 is 20.0 Å². The van der Waals surface area contributed by atoms with Gasteiger partial charge in [0.15, 0.2) is 0 Å². The molecular weight excluding hydrogens is 1230 g/mol. The van der Waals surface area contributed by atoms with Crippen LogP contribution in [0.1, 0.15) is 47.3 Å². The Morgan fingerprint density at radius 3 is 1.16 bits per heavy atom. The van der Waals surface area contributed by atoms with Crippen LogP contribution in [0.25, 0.3) is 0 Å². The molecule has 0 aromatic heterocycles. The highest BCUT2D eigenvalue weighted by molar-refractivity contribution is 7.89. The van der Waals surface area contributed by atoms with E-state index in [0.29, 0.717) is 57.5 Å². The molecule has 86 heavy (non-hydrogen) atoms. The van der Waals surface area contributed by atoms with Gasteiger partial charge in [0.05, 0.1) is 74.7 Å². The molecule has 0 saturated carbocycles. The second-order valence-electron chi connectivity index (χ2n) is 21.5. The number of urea groups is 2. The lowest BCUT2D eigenvalue weighted by Gasteiger charge is -2.38. The van der Waals surface area contributed by atoms with E-state index in [0.717, 1.165) is 87.5 Å². The van der Waals surface area contributed by atoms with Gasteiger partial charge in [-0.25, -0.2) is 35.9 Å². The number of hydrogen-bond acceptors (Lipinski definition) is 16. The van der Waals surface area contributed by atoms with Crippen LogP contribution < -0.4 is 40.2 Å². The minimum atomic E-state index is -3.80. The Hall–Kier alpha value is -4.32. The van der Waals surface area contributed by atoms with Crippen molar-refractivity contribution in [1.82, 2.24) is 50.3 Å². The number of halogens is 4. The minimum absolute atomic E-state index is 0.0628. The zero-order chi connectivity index (χ0) is 61.1. The number of amides is 4. The number of unbranched alkanes of at least 4 members (excludes halogenated alkanes) is 1. The van der Waals surface area contributed by atoms with Crippen LogP contribution in [0.4, 0.5) is 9.59 Å². The van der Waals surface area contributed by atoms with Gasteiger partial charge in [-0.2, -0.15) is 0 Å². The second-order valence-corrected chi connectivity index (χ2v) is 26.7. The third kappa shape index (κ3) is 20.1. The van der Waals surface area contributed by atoms with Crippen molar-refractivity contribution >= 4 is 78.5 Å². The molecule has 8 rings (SSSR count). The standard InChI is InChI=1S/C58H80Cl4N10O12S2/c1-69-19-23-71(24-20-69)53-39-47-49(35-41(59)37-51(47)61)55(53)83-43-5-9-45(10-6-43)85(75,76)67-17-29-81-33-31-79-27-15-65-57(73)63-13-3-4-14-64-58(74)66-16-28-80-32-34-82-30-18-68-86(77,78)46-11-7-44(8-12-46)84-56-50-36-42(60)38-52(62)48(50)40-54(56)72-25-21-70(2)22-26-72/h5-12,35-38,53-56,67-68H,3-4,13-34,39-40H2,1-2H3,(H2,63,65,73)(H2,64,66,74)/t53-,54-,55-,56-/m0/s1. The summed E-state index contributed by atoms with van der Waals surface area (Å²) < 4.78 is 92.5. The summed E-state index contributed by atoms with van der Waals surface area (Å²) in [6.07, 6.45) is 2.13. The molecule has 2 aliphatic carbocycles. The Balaban J connectivity index is 0.579. The summed E-state index contributed by atoms with van der Waals surface area (Å²) >= 11 is 26.1. The van der Waals surface area contributed by atoms with Crippen molar-refractivity contribution in [2.75, 3.05) is 159 Å². The Kier molecular flexibility index (Phi) is 26.3. The first-order chi connectivity index (χ1) is 41.4. The third-order valence-corrected chi connectivity index (χ3v) is 19.5. The molecule has 474 valence electrons. The number of nitrogens with one attached hydrogen (secondary N) is 6. The van der Waals surface area contributed by atoms with Gasteiger partial charge in [0, 0.05) is 123 Å². The van der Waals surface area contributed by atoms with Gasteiger partial charge in [-0.3, -0.25) is 9.80 Å². The molecule has 2 saturated heterocycles. The van der Waals surface area contributed by atoms with Crippen LogP contribution >= 0.6 is 46.4 Å². The van der Waals surface area contributed by atoms with E-state index in [9.17, 15) is 26.4 Å². The zero-order valence-corrected chi connectivity index (χ0v) is 53.3. The normalized spacial score (nSPS) is 19.5. The molecule has 4 aromatic carbocycles. The Morgan fingerprint density at radius 1 is 0.465 bits per heavy atom. The van der Waals surface area contributed by atoms with E-state index >= 15 is 0 Å². The molecule has 2 aliphatic heterocycles. The average Bonchev–Trinajstić information content (AvgIpc) is 2.36. The molecule has 22 nitrogen and oxygen atoms in total. The van der Waals surface area contributed by atoms with Crippen molar-refractivity contribution in [2.45, 2.75) is 59.8 Å². The lowest BCUT2D eigenvalue weighted by Crippen LogP contribution is -2.50. The molecule has 2 heterocycles. The first-order valence-electron chi connectivity index (χ1n) is 29.1. The molecule has 28 heteroatoms. The molecule has 2 fully saturated rings. The number of sulfonamides is 2. The van der Waals surface area contributed by atoms with Gasteiger partial charge in [0.2, 0.25) is 20.0 Å². The summed E-state index contributed by atoms with van der Waals surface area (Å²) in [6, 6.07) is 19.5. The average molecular weight is 1320 g/mol. The number of rotatable bonds is 33. The Morgan fingerprint density at radius 2 is 0.802 bits per heavy atom. The van der Waals surface area contributed by atoms with Crippen molar-refractivity contribution in [3.05, 3.63) is 115 Å². The molecule has 4 aliphatic rings. The zero-order valence-electron chi connectivity index (χ0n) is 48.6. The van der Waals surface area contributed by atoms with E-state index in [2.05, 4.69) is 64.4 Å². The first-order valence-corrected chi connectivity index (χ1v) is 33.6. The number of likely N-dealkylation sites (N-methyl/N-ethyl adjacent to an activating group) is 2. The van der Waals surface area contributed by atoms with E-state index in [1.807, 2.05) is 12.1 Å². The smallest absolute Gasteiger partial charge is 0.314 e. The Bertz CT molecular complexity index is 2850. The van der Waals surface area contributed by atoms with Crippen molar-refractivity contribution in [3.63, 3.8) is 0 Å². The number of ether oxygens (including phenoxy) is 6. The number of fused-ring (bicyclic) bond motifs is 2. The van der Waals surface area contributed by atoms with E-state index in [1.165, 1.54) is 24.3 Å². The van der Waals surface area contributed by atoms with Crippen LogP contribution in [0.3, 0.4) is 0 Å². The highest BCUT2D eigenvalue weighted by Gasteiger charge is 2.42. The van der Waals surface area contributed by atoms with E-state index in [-0.39, 0.29) is 125 Å². The van der Waals surface area contributed by atoms with Gasteiger partial charge in [-0.05, 0) is 124 Å². The molecule has 4 atom stereocenters. The summed E-state index contributed by atoms with van der Waals surface area (Å²) in [6.45, 7) is 10.7. The lowest BCUT2D eigenvalue weighted by atomic mass is 10.1. The van der Waals surface area contributed by atoms with Crippen LogP contribution in [-0.4, -0.2) is 219 Å². The van der Waals surface area contributed by atoms with Gasteiger partial charge in [-0.15, -0.1) is 0 Å². The fourth-order valence-electron chi connectivity index (χ4n) is 10.7. The SMILES string of the molecule is CN1CCN([C@H]2Cc3c(Cl)cc(Cl)cc3[C@@H]2Oc2ccc(S(=O)(=O)NCCOCCOCCNC(=O)NCCCCNC(=O)NCCOCCOCCNS(=O)(=O)c3ccc(O[C@H]4c5cc(Cl)cc(Cl)c5C[C@@H]4N4CCN(C)CC4)cc3)cc2)CC1. The monoisotopic (exact) mass is 1310 g/mol. The summed E-state index contributed by atoms with van der Waals surface area (Å²) in [4.78, 5) is 34.0. The molecule has 4 aromatic rings. The van der Waals surface area contributed by atoms with Crippen molar-refractivity contribution < 1.29 is 54.8 Å². The number of carbonyl (C=O) groups is 2.